The molecular weight excluding hydrogens is 506 g/mol. The number of rotatable bonds is 7. The molecule has 10 nitrogen and oxygen atoms in total. The molecular formula is C27H32F2N8O2. The summed E-state index contributed by atoms with van der Waals surface area (Å²) in [7, 11) is 1.49. The number of halogens is 2. The van der Waals surface area contributed by atoms with Crippen molar-refractivity contribution in [2.45, 2.75) is 45.4 Å². The summed E-state index contributed by atoms with van der Waals surface area (Å²) in [5.74, 6) is 0.335. The Morgan fingerprint density at radius 1 is 1.26 bits per heavy atom. The van der Waals surface area contributed by atoms with Crippen LogP contribution < -0.4 is 10.1 Å². The average molecular weight is 539 g/mol. The molecule has 4 aromatic rings. The van der Waals surface area contributed by atoms with E-state index in [2.05, 4.69) is 50.7 Å². The molecule has 0 radical (unpaired) electrons. The summed E-state index contributed by atoms with van der Waals surface area (Å²) in [6, 6.07) is 0.605. The number of piperidine rings is 1. The predicted molar refractivity (Wildman–Crippen MR) is 142 cm³/mol. The van der Waals surface area contributed by atoms with Gasteiger partial charge in [0.1, 0.15) is 5.52 Å². The Morgan fingerprint density at radius 2 is 2.03 bits per heavy atom. The van der Waals surface area contributed by atoms with E-state index in [1.165, 1.54) is 34.6 Å². The van der Waals surface area contributed by atoms with Gasteiger partial charge in [-0.3, -0.25) is 9.30 Å². The van der Waals surface area contributed by atoms with Gasteiger partial charge in [-0.25, -0.2) is 23.3 Å². The molecule has 6 rings (SSSR count). The number of nitrogens with zero attached hydrogens (tertiary/aromatic N) is 7. The summed E-state index contributed by atoms with van der Waals surface area (Å²) in [6.07, 6.45) is 5.28. The number of aromatic nitrogens is 6. The quantitative estimate of drug-likeness (QED) is 0.352. The number of methoxy groups -OCH3 is 1. The van der Waals surface area contributed by atoms with Gasteiger partial charge >= 0.3 is 0 Å². The van der Waals surface area contributed by atoms with Crippen LogP contribution in [0, 0.1) is 11.2 Å². The van der Waals surface area contributed by atoms with Crippen LogP contribution in [-0.2, 0) is 4.74 Å². The number of imidazole rings is 1. The first-order valence-corrected chi connectivity index (χ1v) is 13.0. The largest absolute Gasteiger partial charge is 0.479 e. The van der Waals surface area contributed by atoms with Crippen LogP contribution in [0.3, 0.4) is 0 Å². The smallest absolute Gasteiger partial charge is 0.244 e. The Hall–Kier alpha value is -3.64. The highest BCUT2D eigenvalue weighted by molar-refractivity contribution is 5.84. The van der Waals surface area contributed by atoms with Gasteiger partial charge in [0.25, 0.3) is 0 Å². The zero-order valence-electron chi connectivity index (χ0n) is 22.5. The van der Waals surface area contributed by atoms with E-state index in [-0.39, 0.29) is 28.6 Å². The van der Waals surface area contributed by atoms with Crippen LogP contribution in [0.2, 0.25) is 0 Å². The van der Waals surface area contributed by atoms with E-state index in [9.17, 15) is 4.39 Å². The van der Waals surface area contributed by atoms with Gasteiger partial charge in [0.2, 0.25) is 17.6 Å². The Labute approximate surface area is 224 Å². The van der Waals surface area contributed by atoms with E-state index < -0.39 is 12.0 Å². The fraction of sp³-hybridized carbons (Fsp3) is 0.481. The van der Waals surface area contributed by atoms with Crippen molar-refractivity contribution in [1.82, 2.24) is 33.9 Å². The second-order valence-corrected chi connectivity index (χ2v) is 11.1. The number of nitrogens with one attached hydrogen (secondary N) is 1. The Balaban J connectivity index is 1.35. The van der Waals surface area contributed by atoms with Gasteiger partial charge in [-0.1, -0.05) is 20.4 Å². The molecule has 12 heteroatoms. The third-order valence-corrected chi connectivity index (χ3v) is 7.82. The lowest BCUT2D eigenvalue weighted by Gasteiger charge is -2.49. The minimum Gasteiger partial charge on any atom is -0.479 e. The fourth-order valence-corrected chi connectivity index (χ4v) is 5.53. The Bertz CT molecular complexity index is 1560. The van der Waals surface area contributed by atoms with Gasteiger partial charge in [0.15, 0.2) is 12.0 Å². The number of allylic oxidation sites excluding steroid dienone is 1. The minimum atomic E-state index is -1.43. The third kappa shape index (κ3) is 4.41. The third-order valence-electron chi connectivity index (χ3n) is 7.82. The number of anilines is 1. The second kappa shape index (κ2) is 9.53. The molecule has 2 fully saturated rings. The molecule has 6 heterocycles. The molecule has 0 bridgehead atoms. The lowest BCUT2D eigenvalue weighted by atomic mass is 9.78. The monoisotopic (exact) mass is 538 g/mol. The molecule has 2 saturated heterocycles. The fourth-order valence-electron chi connectivity index (χ4n) is 5.53. The van der Waals surface area contributed by atoms with Gasteiger partial charge in [0.05, 0.1) is 50.0 Å². The normalized spacial score (nSPS) is 20.7. The first-order chi connectivity index (χ1) is 18.7. The molecule has 1 unspecified atom stereocenters. The van der Waals surface area contributed by atoms with Crippen molar-refractivity contribution in [3.05, 3.63) is 48.5 Å². The van der Waals surface area contributed by atoms with Crippen molar-refractivity contribution in [2.75, 3.05) is 38.7 Å². The molecule has 1 N–H and O–H groups in total. The zero-order chi connectivity index (χ0) is 27.5. The van der Waals surface area contributed by atoms with E-state index in [1.807, 2.05) is 0 Å². The van der Waals surface area contributed by atoms with Gasteiger partial charge in [-0.05, 0) is 24.3 Å². The van der Waals surface area contributed by atoms with Crippen molar-refractivity contribution in [2.24, 2.45) is 5.41 Å². The zero-order valence-corrected chi connectivity index (χ0v) is 22.5. The molecule has 0 aliphatic carbocycles. The number of ether oxygens (including phenoxy) is 2. The average Bonchev–Trinajstić information content (AvgIpc) is 3.43. The van der Waals surface area contributed by atoms with Crippen molar-refractivity contribution in [1.29, 1.82) is 0 Å². The first kappa shape index (κ1) is 25.6. The van der Waals surface area contributed by atoms with Crippen LogP contribution >= 0.6 is 0 Å². The maximum absolute atomic E-state index is 15.5. The van der Waals surface area contributed by atoms with Crippen LogP contribution in [0.15, 0.2) is 36.9 Å². The summed E-state index contributed by atoms with van der Waals surface area (Å²) in [5.41, 5.74) is 1.52. The minimum absolute atomic E-state index is 0.0475. The maximum Gasteiger partial charge on any atom is 0.244 e. The first-order valence-electron chi connectivity index (χ1n) is 13.0. The van der Waals surface area contributed by atoms with Gasteiger partial charge in [0, 0.05) is 37.1 Å². The molecule has 4 aromatic heterocycles. The van der Waals surface area contributed by atoms with Crippen LogP contribution in [-0.4, -0.2) is 79.4 Å². The lowest BCUT2D eigenvalue weighted by Crippen LogP contribution is -2.59. The Morgan fingerprint density at radius 3 is 2.69 bits per heavy atom. The van der Waals surface area contributed by atoms with Crippen molar-refractivity contribution in [3.63, 3.8) is 0 Å². The van der Waals surface area contributed by atoms with E-state index in [4.69, 9.17) is 9.47 Å². The number of fused-ring (bicyclic) bond motifs is 2. The van der Waals surface area contributed by atoms with Crippen molar-refractivity contribution < 1.29 is 18.3 Å². The van der Waals surface area contributed by atoms with E-state index >= 15 is 4.39 Å². The standard InChI is InChI=1S/C27H32F2N8O2/c1-15(2)22(29)19-9-31-26-30-8-16(10-36(19)26)21-18(28)11-37-23(21)24(38-5)33-25(34-37)32-20-6-7-35(14-27(20,3)4)17-12-39-13-17/h8-11,17,20,22H,1,6-7,12-14H2,2-5H3,(H,32,34)/t20-,22?/m0/s1. The molecule has 2 aliphatic heterocycles. The highest BCUT2D eigenvalue weighted by Gasteiger charge is 2.40. The van der Waals surface area contributed by atoms with E-state index in [0.717, 1.165) is 32.7 Å². The topological polar surface area (TPSA) is 94.1 Å². The molecule has 0 saturated carbocycles. The molecule has 0 amide bonds. The van der Waals surface area contributed by atoms with Gasteiger partial charge < -0.3 is 14.8 Å². The van der Waals surface area contributed by atoms with Crippen LogP contribution in [0.1, 0.15) is 39.1 Å². The summed E-state index contributed by atoms with van der Waals surface area (Å²) >= 11 is 0. The number of alkyl halides is 1. The van der Waals surface area contributed by atoms with E-state index in [0.29, 0.717) is 34.4 Å². The SMILES string of the molecule is C=C(C)C(F)c1cnc2ncc(-c3c(F)cn4nc(N[C@H]5CCN(C6COC6)CC5(C)C)nc(OC)c34)cn12. The molecule has 39 heavy (non-hydrogen) atoms. The van der Waals surface area contributed by atoms with Crippen LogP contribution in [0.25, 0.3) is 22.4 Å². The van der Waals surface area contributed by atoms with Gasteiger partial charge in [-0.15, -0.1) is 5.10 Å². The lowest BCUT2D eigenvalue weighted by molar-refractivity contribution is -0.0860. The summed E-state index contributed by atoms with van der Waals surface area (Å²) in [5, 5.41) is 8.06. The Kier molecular flexibility index (Phi) is 6.26. The molecule has 0 spiro atoms. The van der Waals surface area contributed by atoms with Crippen molar-refractivity contribution >= 4 is 17.2 Å². The molecule has 206 valence electrons. The number of hydrogen-bond acceptors (Lipinski definition) is 8. The highest BCUT2D eigenvalue weighted by Crippen LogP contribution is 2.37. The predicted octanol–water partition coefficient (Wildman–Crippen LogP) is 4.08. The second-order valence-electron chi connectivity index (χ2n) is 11.1. The van der Waals surface area contributed by atoms with E-state index in [1.54, 1.807) is 13.1 Å². The molecule has 0 aromatic carbocycles. The molecule has 2 aliphatic rings. The summed E-state index contributed by atoms with van der Waals surface area (Å²) in [6.45, 7) is 13.2. The highest BCUT2D eigenvalue weighted by atomic mass is 19.1. The van der Waals surface area contributed by atoms with Crippen molar-refractivity contribution in [3.8, 4) is 17.0 Å². The number of likely N-dealkylation sites (tertiary alicyclic amines) is 1. The van der Waals surface area contributed by atoms with Gasteiger partial charge in [-0.2, -0.15) is 4.98 Å². The summed E-state index contributed by atoms with van der Waals surface area (Å²) < 4.78 is 44.2. The molecule has 2 atom stereocenters. The summed E-state index contributed by atoms with van der Waals surface area (Å²) in [4.78, 5) is 15.6. The van der Waals surface area contributed by atoms with Crippen LogP contribution in [0.5, 0.6) is 5.88 Å². The van der Waals surface area contributed by atoms with Crippen LogP contribution in [0.4, 0.5) is 14.7 Å². The number of hydrogen-bond donors (Lipinski definition) is 1. The maximum atomic E-state index is 15.5.